The lowest BCUT2D eigenvalue weighted by atomic mass is 9.76. The number of methoxy groups -OCH3 is 1. The van der Waals surface area contributed by atoms with E-state index in [-0.39, 0.29) is 12.4 Å². The van der Waals surface area contributed by atoms with E-state index in [9.17, 15) is 9.90 Å². The molecule has 2 aromatic carbocycles. The molecule has 0 saturated carbocycles. The van der Waals surface area contributed by atoms with Gasteiger partial charge in [-0.05, 0) is 12.0 Å². The van der Waals surface area contributed by atoms with E-state index in [0.29, 0.717) is 17.5 Å². The van der Waals surface area contributed by atoms with Crippen molar-refractivity contribution in [2.75, 3.05) is 13.7 Å². The van der Waals surface area contributed by atoms with E-state index in [1.54, 1.807) is 12.1 Å². The van der Waals surface area contributed by atoms with Gasteiger partial charge >= 0.3 is 0 Å². The average molecular weight is 298 g/mol. The Morgan fingerprint density at radius 2 is 1.64 bits per heavy atom. The van der Waals surface area contributed by atoms with Gasteiger partial charge in [-0.25, -0.2) is 0 Å². The third kappa shape index (κ3) is 3.26. The highest BCUT2D eigenvalue weighted by Crippen LogP contribution is 2.34. The van der Waals surface area contributed by atoms with Gasteiger partial charge in [0.1, 0.15) is 5.60 Å². The molecular weight excluding hydrogens is 276 g/mol. The highest BCUT2D eigenvalue weighted by Gasteiger charge is 2.42. The Balaban J connectivity index is 2.43. The fourth-order valence-electron chi connectivity index (χ4n) is 2.88. The molecule has 0 fully saturated rings. The van der Waals surface area contributed by atoms with Gasteiger partial charge < -0.3 is 9.84 Å². The number of carbonyl (C=O) groups is 1. The second-order valence-electron chi connectivity index (χ2n) is 5.41. The molecule has 0 spiro atoms. The second kappa shape index (κ2) is 7.34. The fraction of sp³-hybridized carbons (Fsp3) is 0.316. The Kier molecular flexibility index (Phi) is 5.47. The van der Waals surface area contributed by atoms with Crippen molar-refractivity contribution in [1.29, 1.82) is 0 Å². The smallest absolute Gasteiger partial charge is 0.169 e. The summed E-state index contributed by atoms with van der Waals surface area (Å²) in [5, 5.41) is 11.2. The van der Waals surface area contributed by atoms with E-state index in [2.05, 4.69) is 0 Å². The number of ether oxygens (including phenoxy) is 1. The van der Waals surface area contributed by atoms with Crippen molar-refractivity contribution in [1.82, 2.24) is 0 Å². The summed E-state index contributed by atoms with van der Waals surface area (Å²) in [6.45, 7) is 1.99. The lowest BCUT2D eigenvalue weighted by Crippen LogP contribution is -2.43. The first-order valence-corrected chi connectivity index (χ1v) is 7.49. The van der Waals surface area contributed by atoms with Crippen molar-refractivity contribution in [2.24, 2.45) is 5.92 Å². The molecule has 0 aromatic heterocycles. The van der Waals surface area contributed by atoms with Gasteiger partial charge in [0.25, 0.3) is 0 Å². The summed E-state index contributed by atoms with van der Waals surface area (Å²) >= 11 is 0. The zero-order chi connectivity index (χ0) is 16.0. The van der Waals surface area contributed by atoms with Crippen LogP contribution in [0.2, 0.25) is 0 Å². The van der Waals surface area contributed by atoms with Crippen LogP contribution in [0.5, 0.6) is 0 Å². The second-order valence-corrected chi connectivity index (χ2v) is 5.41. The van der Waals surface area contributed by atoms with Crippen molar-refractivity contribution < 1.29 is 14.6 Å². The molecule has 0 aliphatic rings. The van der Waals surface area contributed by atoms with Crippen molar-refractivity contribution in [3.8, 4) is 0 Å². The number of hydrogen-bond acceptors (Lipinski definition) is 3. The van der Waals surface area contributed by atoms with Crippen LogP contribution in [-0.4, -0.2) is 24.6 Å². The van der Waals surface area contributed by atoms with Crippen LogP contribution in [0.3, 0.4) is 0 Å². The van der Waals surface area contributed by atoms with Crippen LogP contribution in [0.1, 0.15) is 29.3 Å². The molecular formula is C19H22O3. The van der Waals surface area contributed by atoms with E-state index >= 15 is 0 Å². The number of rotatable bonds is 7. The number of ketones is 1. The molecule has 0 radical (unpaired) electrons. The van der Waals surface area contributed by atoms with E-state index in [1.807, 2.05) is 55.5 Å². The maximum absolute atomic E-state index is 12.9. The summed E-state index contributed by atoms with van der Waals surface area (Å²) in [7, 11) is 1.54. The van der Waals surface area contributed by atoms with Crippen molar-refractivity contribution in [3.63, 3.8) is 0 Å². The summed E-state index contributed by atoms with van der Waals surface area (Å²) in [5.41, 5.74) is -0.0229. The summed E-state index contributed by atoms with van der Waals surface area (Å²) in [5.74, 6) is -0.622. The molecule has 2 atom stereocenters. The zero-order valence-corrected chi connectivity index (χ0v) is 13.0. The molecule has 22 heavy (non-hydrogen) atoms. The monoisotopic (exact) mass is 298 g/mol. The SMILES string of the molecule is CC[C@@H](C(=O)c1ccccc1)[C@](O)(COC)c1ccccc1. The molecule has 1 N–H and O–H groups in total. The minimum absolute atomic E-state index is 0.0634. The first kappa shape index (κ1) is 16.4. The van der Waals surface area contributed by atoms with Gasteiger partial charge in [0.2, 0.25) is 0 Å². The first-order chi connectivity index (χ1) is 10.6. The molecule has 3 heteroatoms. The van der Waals surface area contributed by atoms with Gasteiger partial charge in [-0.3, -0.25) is 4.79 Å². The number of Topliss-reactive ketones (excluding diaryl/α,β-unsaturated/α-hetero) is 1. The molecule has 0 saturated heterocycles. The average Bonchev–Trinajstić information content (AvgIpc) is 2.57. The van der Waals surface area contributed by atoms with Crippen LogP contribution in [0.15, 0.2) is 60.7 Å². The van der Waals surface area contributed by atoms with E-state index in [1.165, 1.54) is 7.11 Å². The van der Waals surface area contributed by atoms with Crippen LogP contribution in [0, 0.1) is 5.92 Å². The van der Waals surface area contributed by atoms with E-state index in [0.717, 1.165) is 0 Å². The van der Waals surface area contributed by atoms with Gasteiger partial charge in [-0.15, -0.1) is 0 Å². The maximum atomic E-state index is 12.9. The predicted octanol–water partition coefficient (Wildman–Crippen LogP) is 3.43. The number of benzene rings is 2. The summed E-state index contributed by atoms with van der Waals surface area (Å²) < 4.78 is 5.23. The lowest BCUT2D eigenvalue weighted by molar-refractivity contribution is -0.0705. The van der Waals surface area contributed by atoms with Gasteiger partial charge in [-0.1, -0.05) is 67.6 Å². The van der Waals surface area contributed by atoms with Crippen LogP contribution in [0.25, 0.3) is 0 Å². The molecule has 0 aliphatic heterocycles. The minimum Gasteiger partial charge on any atom is -0.382 e. The van der Waals surface area contributed by atoms with Crippen LogP contribution in [0.4, 0.5) is 0 Å². The van der Waals surface area contributed by atoms with Crippen LogP contribution in [-0.2, 0) is 10.3 Å². The quantitative estimate of drug-likeness (QED) is 0.797. The number of carbonyl (C=O) groups excluding carboxylic acids is 1. The number of hydrogen-bond donors (Lipinski definition) is 1. The first-order valence-electron chi connectivity index (χ1n) is 7.49. The highest BCUT2D eigenvalue weighted by molar-refractivity contribution is 5.98. The van der Waals surface area contributed by atoms with Crippen molar-refractivity contribution in [3.05, 3.63) is 71.8 Å². The van der Waals surface area contributed by atoms with Gasteiger partial charge in [0.15, 0.2) is 5.78 Å². The summed E-state index contributed by atoms with van der Waals surface area (Å²) in [6, 6.07) is 18.4. The predicted molar refractivity (Wildman–Crippen MR) is 86.8 cm³/mol. The number of aliphatic hydroxyl groups is 1. The van der Waals surface area contributed by atoms with Crippen LogP contribution >= 0.6 is 0 Å². The Hall–Kier alpha value is -1.97. The molecule has 0 heterocycles. The lowest BCUT2D eigenvalue weighted by Gasteiger charge is -2.35. The molecule has 0 amide bonds. The van der Waals surface area contributed by atoms with Gasteiger partial charge in [0, 0.05) is 12.7 Å². The maximum Gasteiger partial charge on any atom is 0.169 e. The largest absolute Gasteiger partial charge is 0.382 e. The Morgan fingerprint density at radius 3 is 2.14 bits per heavy atom. The highest BCUT2D eigenvalue weighted by atomic mass is 16.5. The fourth-order valence-corrected chi connectivity index (χ4v) is 2.88. The van der Waals surface area contributed by atoms with E-state index in [4.69, 9.17) is 4.74 Å². The molecule has 2 rings (SSSR count). The minimum atomic E-state index is -1.34. The summed E-state index contributed by atoms with van der Waals surface area (Å²) in [4.78, 5) is 12.9. The Labute approximate surface area is 131 Å². The van der Waals surface area contributed by atoms with E-state index < -0.39 is 11.5 Å². The third-order valence-electron chi connectivity index (χ3n) is 4.00. The van der Waals surface area contributed by atoms with Crippen molar-refractivity contribution in [2.45, 2.75) is 18.9 Å². The molecule has 3 nitrogen and oxygen atoms in total. The third-order valence-corrected chi connectivity index (χ3v) is 4.00. The molecule has 0 bridgehead atoms. The molecule has 0 aliphatic carbocycles. The normalized spacial score (nSPS) is 15.0. The molecule has 2 aromatic rings. The van der Waals surface area contributed by atoms with Crippen LogP contribution < -0.4 is 0 Å². The van der Waals surface area contributed by atoms with Gasteiger partial charge in [-0.2, -0.15) is 0 Å². The standard InChI is InChI=1S/C19H22O3/c1-3-17(18(20)15-10-6-4-7-11-15)19(21,14-22-2)16-12-8-5-9-13-16/h4-13,17,21H,3,14H2,1-2H3/t17-,19-/m0/s1. The summed E-state index contributed by atoms with van der Waals surface area (Å²) in [6.07, 6.45) is 0.530. The molecule has 116 valence electrons. The molecule has 0 unspecified atom stereocenters. The Morgan fingerprint density at radius 1 is 1.09 bits per heavy atom. The zero-order valence-electron chi connectivity index (χ0n) is 13.0. The van der Waals surface area contributed by atoms with Gasteiger partial charge in [0.05, 0.1) is 12.5 Å². The topological polar surface area (TPSA) is 46.5 Å². The van der Waals surface area contributed by atoms with Crippen molar-refractivity contribution >= 4 is 5.78 Å². The Bertz CT molecular complexity index is 595.